The normalized spacial score (nSPS) is 17.7. The molecule has 4 nitrogen and oxygen atoms in total. The van der Waals surface area contributed by atoms with Gasteiger partial charge in [-0.05, 0) is 17.7 Å². The molecule has 114 valence electrons. The van der Waals surface area contributed by atoms with Crippen molar-refractivity contribution in [3.63, 3.8) is 0 Å². The Bertz CT molecular complexity index is 647. The lowest BCUT2D eigenvalue weighted by Gasteiger charge is -2.36. The van der Waals surface area contributed by atoms with Gasteiger partial charge in [0.1, 0.15) is 0 Å². The number of hydrogen-bond acceptors (Lipinski definition) is 2. The topological polar surface area (TPSA) is 37.3 Å². The SMILES string of the molecule is C=CCNC(=O)CN1CCn2cccc2[C@@H]1c1ccccc1. The molecule has 2 aromatic rings. The molecule has 0 saturated carbocycles. The third kappa shape index (κ3) is 2.97. The van der Waals surface area contributed by atoms with Crippen molar-refractivity contribution in [2.75, 3.05) is 19.6 Å². The number of carbonyl (C=O) groups is 1. The van der Waals surface area contributed by atoms with E-state index >= 15 is 0 Å². The lowest BCUT2D eigenvalue weighted by Crippen LogP contribution is -2.44. The number of aromatic nitrogens is 1. The van der Waals surface area contributed by atoms with Crippen molar-refractivity contribution >= 4 is 5.91 Å². The first-order chi connectivity index (χ1) is 10.8. The highest BCUT2D eigenvalue weighted by molar-refractivity contribution is 5.78. The molecular weight excluding hydrogens is 274 g/mol. The van der Waals surface area contributed by atoms with Crippen LogP contribution in [0, 0.1) is 0 Å². The highest BCUT2D eigenvalue weighted by Gasteiger charge is 2.29. The molecule has 1 aromatic carbocycles. The lowest BCUT2D eigenvalue weighted by molar-refractivity contribution is -0.122. The molecule has 1 aliphatic rings. The molecule has 1 atom stereocenters. The molecule has 2 heterocycles. The van der Waals surface area contributed by atoms with Crippen molar-refractivity contribution < 1.29 is 4.79 Å². The fraction of sp³-hybridized carbons (Fsp3) is 0.278. The monoisotopic (exact) mass is 295 g/mol. The molecule has 3 rings (SSSR count). The first-order valence-electron chi connectivity index (χ1n) is 7.61. The maximum atomic E-state index is 12.1. The zero-order valence-electron chi connectivity index (χ0n) is 12.6. The minimum Gasteiger partial charge on any atom is -0.352 e. The van der Waals surface area contributed by atoms with Crippen LogP contribution < -0.4 is 5.32 Å². The maximum absolute atomic E-state index is 12.1. The van der Waals surface area contributed by atoms with Crippen LogP contribution in [0.3, 0.4) is 0 Å². The van der Waals surface area contributed by atoms with Crippen LogP contribution in [-0.2, 0) is 11.3 Å². The van der Waals surface area contributed by atoms with E-state index in [1.807, 2.05) is 18.2 Å². The predicted molar refractivity (Wildman–Crippen MR) is 87.5 cm³/mol. The Balaban J connectivity index is 1.86. The second-order valence-electron chi connectivity index (χ2n) is 5.50. The second-order valence-corrected chi connectivity index (χ2v) is 5.50. The number of carbonyl (C=O) groups excluding carboxylic acids is 1. The van der Waals surface area contributed by atoms with Crippen molar-refractivity contribution in [3.8, 4) is 0 Å². The summed E-state index contributed by atoms with van der Waals surface area (Å²) in [5.74, 6) is 0.0424. The third-order valence-corrected chi connectivity index (χ3v) is 4.04. The molecule has 0 saturated heterocycles. The first-order valence-corrected chi connectivity index (χ1v) is 7.61. The van der Waals surface area contributed by atoms with Gasteiger partial charge in [-0.2, -0.15) is 0 Å². The van der Waals surface area contributed by atoms with Gasteiger partial charge in [-0.15, -0.1) is 6.58 Å². The lowest BCUT2D eigenvalue weighted by atomic mass is 10.00. The largest absolute Gasteiger partial charge is 0.352 e. The standard InChI is InChI=1S/C18H21N3O/c1-2-10-19-17(22)14-21-13-12-20-11-6-9-16(20)18(21)15-7-4-3-5-8-15/h2-9,11,18H,1,10,12-14H2,(H,19,22)/t18-/m0/s1. The van der Waals surface area contributed by atoms with Gasteiger partial charge in [0, 0.05) is 31.5 Å². The van der Waals surface area contributed by atoms with Crippen LogP contribution in [0.1, 0.15) is 17.3 Å². The Morgan fingerprint density at radius 1 is 1.23 bits per heavy atom. The average Bonchev–Trinajstić information content (AvgIpc) is 3.02. The molecule has 22 heavy (non-hydrogen) atoms. The molecule has 0 aliphatic carbocycles. The van der Waals surface area contributed by atoms with E-state index in [1.165, 1.54) is 11.3 Å². The summed E-state index contributed by atoms with van der Waals surface area (Å²) in [4.78, 5) is 14.3. The van der Waals surface area contributed by atoms with Crippen LogP contribution in [0.5, 0.6) is 0 Å². The number of benzene rings is 1. The van der Waals surface area contributed by atoms with Gasteiger partial charge in [-0.1, -0.05) is 36.4 Å². The van der Waals surface area contributed by atoms with Gasteiger partial charge >= 0.3 is 0 Å². The average molecular weight is 295 g/mol. The molecule has 1 aliphatic heterocycles. The molecule has 0 fully saturated rings. The van der Waals surface area contributed by atoms with Crippen LogP contribution in [0.4, 0.5) is 0 Å². The van der Waals surface area contributed by atoms with Gasteiger partial charge in [0.05, 0.1) is 12.6 Å². The maximum Gasteiger partial charge on any atom is 0.234 e. The summed E-state index contributed by atoms with van der Waals surface area (Å²) in [6.07, 6.45) is 3.81. The van der Waals surface area contributed by atoms with E-state index in [0.717, 1.165) is 13.1 Å². The Hall–Kier alpha value is -2.33. The summed E-state index contributed by atoms with van der Waals surface area (Å²) in [7, 11) is 0. The van der Waals surface area contributed by atoms with Crippen LogP contribution in [-0.4, -0.2) is 35.0 Å². The van der Waals surface area contributed by atoms with Crippen LogP contribution in [0.25, 0.3) is 0 Å². The van der Waals surface area contributed by atoms with Gasteiger partial charge < -0.3 is 9.88 Å². The molecule has 1 N–H and O–H groups in total. The summed E-state index contributed by atoms with van der Waals surface area (Å²) in [5, 5.41) is 2.86. The van der Waals surface area contributed by atoms with Crippen LogP contribution in [0.15, 0.2) is 61.3 Å². The second kappa shape index (κ2) is 6.62. The molecule has 1 aromatic heterocycles. The summed E-state index contributed by atoms with van der Waals surface area (Å²) in [6, 6.07) is 14.7. The highest BCUT2D eigenvalue weighted by atomic mass is 16.2. The van der Waals surface area contributed by atoms with Crippen molar-refractivity contribution in [2.45, 2.75) is 12.6 Å². The zero-order chi connectivity index (χ0) is 15.4. The first kappa shape index (κ1) is 14.6. The minimum atomic E-state index is 0.0424. The number of amides is 1. The highest BCUT2D eigenvalue weighted by Crippen LogP contribution is 2.31. The fourth-order valence-corrected chi connectivity index (χ4v) is 3.05. The van der Waals surface area contributed by atoms with Crippen molar-refractivity contribution in [1.29, 1.82) is 0 Å². The Morgan fingerprint density at radius 3 is 2.82 bits per heavy atom. The number of fused-ring (bicyclic) bond motifs is 1. The van der Waals surface area contributed by atoms with E-state index in [-0.39, 0.29) is 11.9 Å². The zero-order valence-corrected chi connectivity index (χ0v) is 12.6. The van der Waals surface area contributed by atoms with Gasteiger partial charge in [-0.25, -0.2) is 0 Å². The summed E-state index contributed by atoms with van der Waals surface area (Å²) >= 11 is 0. The van der Waals surface area contributed by atoms with E-state index in [1.54, 1.807) is 6.08 Å². The summed E-state index contributed by atoms with van der Waals surface area (Å²) in [6.45, 7) is 6.33. The Kier molecular flexibility index (Phi) is 4.39. The molecule has 0 radical (unpaired) electrons. The molecule has 0 spiro atoms. The van der Waals surface area contributed by atoms with Crippen LogP contribution in [0.2, 0.25) is 0 Å². The van der Waals surface area contributed by atoms with Crippen molar-refractivity contribution in [3.05, 3.63) is 72.6 Å². The van der Waals surface area contributed by atoms with Gasteiger partial charge in [-0.3, -0.25) is 9.69 Å². The predicted octanol–water partition coefficient (Wildman–Crippen LogP) is 2.20. The van der Waals surface area contributed by atoms with E-state index in [2.05, 4.69) is 51.8 Å². The van der Waals surface area contributed by atoms with Gasteiger partial charge in [0.15, 0.2) is 0 Å². The smallest absolute Gasteiger partial charge is 0.234 e. The van der Waals surface area contributed by atoms with Gasteiger partial charge in [0.2, 0.25) is 5.91 Å². The van der Waals surface area contributed by atoms with E-state index < -0.39 is 0 Å². The Morgan fingerprint density at radius 2 is 2.05 bits per heavy atom. The number of nitrogens with one attached hydrogen (secondary N) is 1. The van der Waals surface area contributed by atoms with Crippen LogP contribution >= 0.6 is 0 Å². The Labute approximate surface area is 131 Å². The van der Waals surface area contributed by atoms with Crippen molar-refractivity contribution in [1.82, 2.24) is 14.8 Å². The molecule has 4 heteroatoms. The van der Waals surface area contributed by atoms with E-state index in [0.29, 0.717) is 13.1 Å². The summed E-state index contributed by atoms with van der Waals surface area (Å²) in [5.41, 5.74) is 2.47. The molecule has 1 amide bonds. The number of rotatable bonds is 5. The third-order valence-electron chi connectivity index (χ3n) is 4.04. The quantitative estimate of drug-likeness (QED) is 0.859. The van der Waals surface area contributed by atoms with Gasteiger partial charge in [0.25, 0.3) is 0 Å². The molecule has 0 unspecified atom stereocenters. The van der Waals surface area contributed by atoms with E-state index in [9.17, 15) is 4.79 Å². The summed E-state index contributed by atoms with van der Waals surface area (Å²) < 4.78 is 2.27. The fourth-order valence-electron chi connectivity index (χ4n) is 3.05. The van der Waals surface area contributed by atoms with E-state index in [4.69, 9.17) is 0 Å². The van der Waals surface area contributed by atoms with Crippen molar-refractivity contribution in [2.24, 2.45) is 0 Å². The molecule has 0 bridgehead atoms. The molecular formula is C18H21N3O. The number of hydrogen-bond donors (Lipinski definition) is 1. The minimum absolute atomic E-state index is 0.0424. The number of nitrogens with zero attached hydrogens (tertiary/aromatic N) is 2.